The first-order chi connectivity index (χ1) is 8.90. The lowest BCUT2D eigenvalue weighted by molar-refractivity contribution is 0.337. The first-order valence-corrected chi connectivity index (χ1v) is 7.87. The summed E-state index contributed by atoms with van der Waals surface area (Å²) in [6, 6.07) is 4.65. The summed E-state index contributed by atoms with van der Waals surface area (Å²) in [7, 11) is -3.51. The molecule has 1 unspecified atom stereocenters. The van der Waals surface area contributed by atoms with Crippen LogP contribution in [0.1, 0.15) is 25.8 Å². The Morgan fingerprint density at radius 2 is 2.05 bits per heavy atom. The number of hydrogen-bond acceptors (Lipinski definition) is 4. The molecule has 0 radical (unpaired) electrons. The van der Waals surface area contributed by atoms with Crippen LogP contribution in [0.3, 0.4) is 0 Å². The van der Waals surface area contributed by atoms with Crippen molar-refractivity contribution in [1.29, 1.82) is 0 Å². The first kappa shape index (κ1) is 15.9. The van der Waals surface area contributed by atoms with Gasteiger partial charge in [-0.2, -0.15) is 0 Å². The Hall–Kier alpha value is -1.11. The lowest BCUT2D eigenvalue weighted by Gasteiger charge is -2.12. The summed E-state index contributed by atoms with van der Waals surface area (Å²) < 4.78 is 32.0. The molecular formula is C13H22N2O3S. The van der Waals surface area contributed by atoms with Gasteiger partial charge in [-0.1, -0.05) is 6.92 Å². The number of nitrogens with two attached hydrogens (primary N) is 1. The van der Waals surface area contributed by atoms with E-state index in [2.05, 4.69) is 4.72 Å². The van der Waals surface area contributed by atoms with Gasteiger partial charge in [0.15, 0.2) is 0 Å². The van der Waals surface area contributed by atoms with E-state index in [1.165, 1.54) is 6.07 Å². The molecule has 0 bridgehead atoms. The third-order valence-electron chi connectivity index (χ3n) is 2.82. The fourth-order valence-corrected chi connectivity index (χ4v) is 2.73. The monoisotopic (exact) mass is 286 g/mol. The first-order valence-electron chi connectivity index (χ1n) is 6.39. The third kappa shape index (κ3) is 4.49. The van der Waals surface area contributed by atoms with Crippen LogP contribution in [-0.4, -0.2) is 27.6 Å². The number of nitrogens with one attached hydrogen (secondary N) is 1. The average Bonchev–Trinajstić information content (AvgIpc) is 2.38. The summed E-state index contributed by atoms with van der Waals surface area (Å²) in [4.78, 5) is 0.233. The van der Waals surface area contributed by atoms with Crippen LogP contribution in [0, 0.1) is 6.92 Å². The summed E-state index contributed by atoms with van der Waals surface area (Å²) in [5, 5.41) is 0. The van der Waals surface area contributed by atoms with Gasteiger partial charge >= 0.3 is 0 Å². The van der Waals surface area contributed by atoms with Gasteiger partial charge in [0.05, 0.1) is 11.5 Å². The fraction of sp³-hybridized carbons (Fsp3) is 0.538. The van der Waals surface area contributed by atoms with E-state index in [-0.39, 0.29) is 17.5 Å². The Bertz CT molecular complexity index is 515. The van der Waals surface area contributed by atoms with Crippen molar-refractivity contribution < 1.29 is 13.2 Å². The van der Waals surface area contributed by atoms with E-state index in [4.69, 9.17) is 10.5 Å². The van der Waals surface area contributed by atoms with Gasteiger partial charge in [-0.25, -0.2) is 13.1 Å². The lowest BCUT2D eigenvalue weighted by Crippen LogP contribution is -2.36. The van der Waals surface area contributed by atoms with Gasteiger partial charge in [-0.15, -0.1) is 0 Å². The number of ether oxygens (including phenoxy) is 1. The molecule has 19 heavy (non-hydrogen) atoms. The predicted octanol–water partition coefficient (Wildman–Crippen LogP) is 1.41. The van der Waals surface area contributed by atoms with E-state index in [9.17, 15) is 8.42 Å². The number of benzene rings is 1. The number of rotatable bonds is 7. The largest absolute Gasteiger partial charge is 0.494 e. The highest BCUT2D eigenvalue weighted by Gasteiger charge is 2.16. The molecular weight excluding hydrogens is 264 g/mol. The maximum atomic E-state index is 12.1. The Morgan fingerprint density at radius 3 is 2.58 bits per heavy atom. The Morgan fingerprint density at radius 1 is 1.37 bits per heavy atom. The second-order valence-electron chi connectivity index (χ2n) is 4.38. The molecule has 1 aromatic carbocycles. The van der Waals surface area contributed by atoms with Gasteiger partial charge in [0, 0.05) is 12.6 Å². The third-order valence-corrected chi connectivity index (χ3v) is 4.24. The minimum absolute atomic E-state index is 0.168. The van der Waals surface area contributed by atoms with Crippen molar-refractivity contribution >= 4 is 10.0 Å². The number of hydrogen-bond donors (Lipinski definition) is 2. The molecule has 0 saturated carbocycles. The van der Waals surface area contributed by atoms with Crippen LogP contribution < -0.4 is 15.2 Å². The topological polar surface area (TPSA) is 81.4 Å². The highest BCUT2D eigenvalue weighted by molar-refractivity contribution is 7.89. The molecule has 1 rings (SSSR count). The summed E-state index contributed by atoms with van der Waals surface area (Å²) in [5.41, 5.74) is 6.50. The Labute approximate surface area is 115 Å². The molecule has 0 aliphatic rings. The minimum atomic E-state index is -3.51. The SMILES string of the molecule is CCOc1ccc(S(=O)(=O)NCC(N)CC)cc1C. The molecule has 0 fully saturated rings. The number of sulfonamides is 1. The molecule has 0 spiro atoms. The van der Waals surface area contributed by atoms with Gasteiger partial charge in [-0.05, 0) is 44.0 Å². The van der Waals surface area contributed by atoms with Crippen molar-refractivity contribution in [2.45, 2.75) is 38.1 Å². The lowest BCUT2D eigenvalue weighted by atomic mass is 10.2. The van der Waals surface area contributed by atoms with Gasteiger partial charge < -0.3 is 10.5 Å². The standard InChI is InChI=1S/C13H22N2O3S/c1-4-11(14)9-15-19(16,17)12-6-7-13(18-5-2)10(3)8-12/h6-8,11,15H,4-5,9,14H2,1-3H3. The van der Waals surface area contributed by atoms with E-state index >= 15 is 0 Å². The van der Waals surface area contributed by atoms with Crippen molar-refractivity contribution in [2.75, 3.05) is 13.2 Å². The molecule has 3 N–H and O–H groups in total. The maximum absolute atomic E-state index is 12.1. The molecule has 0 saturated heterocycles. The Kier molecular flexibility index (Phi) is 5.78. The van der Waals surface area contributed by atoms with Crippen LogP contribution in [0.5, 0.6) is 5.75 Å². The average molecular weight is 286 g/mol. The summed E-state index contributed by atoms with van der Waals surface area (Å²) >= 11 is 0. The van der Waals surface area contributed by atoms with Crippen LogP contribution in [0.25, 0.3) is 0 Å². The molecule has 6 heteroatoms. The van der Waals surface area contributed by atoms with Crippen molar-refractivity contribution in [3.8, 4) is 5.75 Å². The molecule has 108 valence electrons. The van der Waals surface area contributed by atoms with E-state index in [0.29, 0.717) is 12.4 Å². The summed E-state index contributed by atoms with van der Waals surface area (Å²) in [6.45, 7) is 6.42. The molecule has 0 amide bonds. The molecule has 0 aromatic heterocycles. The van der Waals surface area contributed by atoms with Crippen LogP contribution >= 0.6 is 0 Å². The quantitative estimate of drug-likeness (QED) is 0.794. The summed E-state index contributed by atoms with van der Waals surface area (Å²) in [6.07, 6.45) is 0.727. The zero-order valence-corrected chi connectivity index (χ0v) is 12.5. The van der Waals surface area contributed by atoms with Crippen molar-refractivity contribution in [2.24, 2.45) is 5.73 Å². The highest BCUT2D eigenvalue weighted by atomic mass is 32.2. The highest BCUT2D eigenvalue weighted by Crippen LogP contribution is 2.21. The van der Waals surface area contributed by atoms with Gasteiger partial charge in [-0.3, -0.25) is 0 Å². The zero-order chi connectivity index (χ0) is 14.5. The number of aryl methyl sites for hydroxylation is 1. The van der Waals surface area contributed by atoms with Crippen LogP contribution in [0.15, 0.2) is 23.1 Å². The van der Waals surface area contributed by atoms with E-state index in [1.54, 1.807) is 12.1 Å². The van der Waals surface area contributed by atoms with Crippen LogP contribution in [-0.2, 0) is 10.0 Å². The predicted molar refractivity (Wildman–Crippen MR) is 75.8 cm³/mol. The molecule has 1 aromatic rings. The van der Waals surface area contributed by atoms with Crippen molar-refractivity contribution in [1.82, 2.24) is 4.72 Å². The van der Waals surface area contributed by atoms with Crippen molar-refractivity contribution in [3.63, 3.8) is 0 Å². The van der Waals surface area contributed by atoms with Gasteiger partial charge in [0.25, 0.3) is 0 Å². The van der Waals surface area contributed by atoms with Gasteiger partial charge in [0.2, 0.25) is 10.0 Å². The second kappa shape index (κ2) is 6.88. The van der Waals surface area contributed by atoms with E-state index < -0.39 is 10.0 Å². The molecule has 5 nitrogen and oxygen atoms in total. The molecule has 0 aliphatic carbocycles. The van der Waals surface area contributed by atoms with Gasteiger partial charge in [0.1, 0.15) is 5.75 Å². The van der Waals surface area contributed by atoms with Crippen LogP contribution in [0.4, 0.5) is 0 Å². The smallest absolute Gasteiger partial charge is 0.240 e. The molecule has 1 atom stereocenters. The second-order valence-corrected chi connectivity index (χ2v) is 6.15. The van der Waals surface area contributed by atoms with E-state index in [0.717, 1.165) is 12.0 Å². The van der Waals surface area contributed by atoms with E-state index in [1.807, 2.05) is 20.8 Å². The Balaban J connectivity index is 2.87. The minimum Gasteiger partial charge on any atom is -0.494 e. The van der Waals surface area contributed by atoms with Crippen molar-refractivity contribution in [3.05, 3.63) is 23.8 Å². The molecule has 0 aliphatic heterocycles. The normalized spacial score (nSPS) is 13.3. The van der Waals surface area contributed by atoms with Crippen LogP contribution in [0.2, 0.25) is 0 Å². The molecule has 0 heterocycles. The summed E-state index contributed by atoms with van der Waals surface area (Å²) in [5.74, 6) is 0.701. The zero-order valence-electron chi connectivity index (χ0n) is 11.6. The fourth-order valence-electron chi connectivity index (χ4n) is 1.55. The maximum Gasteiger partial charge on any atom is 0.240 e.